The van der Waals surface area contributed by atoms with Crippen molar-refractivity contribution in [2.24, 2.45) is 11.7 Å². The van der Waals surface area contributed by atoms with Crippen LogP contribution in [-0.2, 0) is 9.53 Å². The lowest BCUT2D eigenvalue weighted by Gasteiger charge is -2.34. The molecule has 2 aliphatic heterocycles. The molecular formula is C21H29N5O4. The first kappa shape index (κ1) is 20.8. The first-order chi connectivity index (χ1) is 14.5. The maximum absolute atomic E-state index is 12.0. The summed E-state index contributed by atoms with van der Waals surface area (Å²) in [5, 5.41) is 11.5. The summed E-state index contributed by atoms with van der Waals surface area (Å²) in [5.41, 5.74) is 13.3. The third kappa shape index (κ3) is 4.06. The predicted octanol–water partition coefficient (Wildman–Crippen LogP) is 0.470. The highest BCUT2D eigenvalue weighted by Crippen LogP contribution is 2.40. The number of ether oxygens (including phenoxy) is 2. The number of rotatable bonds is 6. The van der Waals surface area contributed by atoms with E-state index < -0.39 is 12.1 Å². The third-order valence-corrected chi connectivity index (χ3v) is 6.03. The molecule has 30 heavy (non-hydrogen) atoms. The summed E-state index contributed by atoms with van der Waals surface area (Å²) in [6.07, 6.45) is -0.688. The Morgan fingerprint density at radius 3 is 2.77 bits per heavy atom. The van der Waals surface area contributed by atoms with Crippen molar-refractivity contribution in [2.45, 2.75) is 31.5 Å². The number of primary amides is 1. The van der Waals surface area contributed by atoms with Crippen LogP contribution in [0.1, 0.15) is 24.8 Å². The minimum Gasteiger partial charge on any atom is -0.497 e. The Morgan fingerprint density at radius 2 is 2.13 bits per heavy atom. The normalized spacial score (nSPS) is 25.4. The molecule has 2 fully saturated rings. The fourth-order valence-corrected chi connectivity index (χ4v) is 4.51. The molecule has 4 atom stereocenters. The molecule has 4 unspecified atom stereocenters. The summed E-state index contributed by atoms with van der Waals surface area (Å²) in [4.78, 5) is 19.2. The number of aromatic nitrogens is 1. The van der Waals surface area contributed by atoms with E-state index in [0.717, 1.165) is 28.0 Å². The van der Waals surface area contributed by atoms with Gasteiger partial charge in [0.05, 0.1) is 25.8 Å². The number of nitrogens with two attached hydrogens (primary N) is 1. The molecule has 1 amide bonds. The van der Waals surface area contributed by atoms with E-state index in [2.05, 4.69) is 21.8 Å². The van der Waals surface area contributed by atoms with Gasteiger partial charge in [-0.3, -0.25) is 10.2 Å². The summed E-state index contributed by atoms with van der Waals surface area (Å²) in [6, 6.07) is 7.75. The van der Waals surface area contributed by atoms with Crippen LogP contribution in [0.2, 0.25) is 0 Å². The summed E-state index contributed by atoms with van der Waals surface area (Å²) in [7, 11) is 1.63. The van der Waals surface area contributed by atoms with Gasteiger partial charge in [-0.05, 0) is 36.8 Å². The summed E-state index contributed by atoms with van der Waals surface area (Å²) in [5.74, 6) is 0.579. The zero-order valence-corrected chi connectivity index (χ0v) is 17.3. The number of hydrogen-bond donors (Lipinski definition) is 4. The lowest BCUT2D eigenvalue weighted by atomic mass is 9.79. The first-order valence-corrected chi connectivity index (χ1v) is 10.3. The first-order valence-electron chi connectivity index (χ1n) is 10.3. The topological polar surface area (TPSA) is 122 Å². The minimum absolute atomic E-state index is 0.0529. The van der Waals surface area contributed by atoms with E-state index in [9.17, 15) is 9.90 Å². The van der Waals surface area contributed by atoms with Crippen LogP contribution in [0, 0.1) is 5.92 Å². The van der Waals surface area contributed by atoms with E-state index in [4.69, 9.17) is 20.2 Å². The van der Waals surface area contributed by atoms with Gasteiger partial charge in [0.15, 0.2) is 0 Å². The van der Waals surface area contributed by atoms with Crippen molar-refractivity contribution >= 4 is 22.6 Å². The third-order valence-electron chi connectivity index (χ3n) is 6.03. The maximum atomic E-state index is 12.0. The smallest absolute Gasteiger partial charge is 0.218 e. The number of morpholine rings is 1. The number of amides is 1. The molecule has 162 valence electrons. The van der Waals surface area contributed by atoms with Crippen LogP contribution in [0.5, 0.6) is 5.75 Å². The highest BCUT2D eigenvalue weighted by molar-refractivity contribution is 5.84. The fourth-order valence-electron chi connectivity index (χ4n) is 4.51. The average molecular weight is 415 g/mol. The summed E-state index contributed by atoms with van der Waals surface area (Å²) >= 11 is 0. The largest absolute Gasteiger partial charge is 0.497 e. The van der Waals surface area contributed by atoms with Gasteiger partial charge in [-0.15, -0.1) is 0 Å². The Balaban J connectivity index is 1.87. The number of carbonyl (C=O) groups excluding carboxylic acids is 1. The van der Waals surface area contributed by atoms with Gasteiger partial charge in [0, 0.05) is 42.8 Å². The second-order valence-electron chi connectivity index (χ2n) is 7.94. The Labute approximate surface area is 175 Å². The van der Waals surface area contributed by atoms with Crippen molar-refractivity contribution in [3.63, 3.8) is 0 Å². The van der Waals surface area contributed by atoms with Crippen molar-refractivity contribution in [2.75, 3.05) is 38.3 Å². The van der Waals surface area contributed by atoms with E-state index in [1.54, 1.807) is 7.11 Å². The molecule has 5 N–H and O–H groups in total. The Morgan fingerprint density at radius 1 is 1.37 bits per heavy atom. The molecule has 0 saturated carbocycles. The van der Waals surface area contributed by atoms with E-state index >= 15 is 0 Å². The molecule has 0 radical (unpaired) electrons. The molecule has 4 rings (SSSR count). The Bertz CT molecular complexity index is 908. The molecule has 9 nitrogen and oxygen atoms in total. The molecule has 2 saturated heterocycles. The van der Waals surface area contributed by atoms with Gasteiger partial charge in [-0.25, -0.2) is 10.4 Å². The van der Waals surface area contributed by atoms with Gasteiger partial charge in [0.25, 0.3) is 0 Å². The van der Waals surface area contributed by atoms with E-state index in [1.165, 1.54) is 0 Å². The van der Waals surface area contributed by atoms with E-state index in [1.807, 2.05) is 25.1 Å². The molecule has 0 bridgehead atoms. The highest BCUT2D eigenvalue weighted by Gasteiger charge is 2.41. The number of hydrogen-bond acceptors (Lipinski definition) is 8. The number of carbonyl (C=O) groups is 1. The monoisotopic (exact) mass is 415 g/mol. The van der Waals surface area contributed by atoms with Crippen LogP contribution in [0.25, 0.3) is 10.9 Å². The highest BCUT2D eigenvalue weighted by atomic mass is 16.5. The number of nitrogens with one attached hydrogen (secondary N) is 2. The number of nitrogens with zero attached hydrogens (tertiary/aromatic N) is 2. The minimum atomic E-state index is -0.803. The van der Waals surface area contributed by atoms with Crippen molar-refractivity contribution in [1.82, 2.24) is 15.8 Å². The van der Waals surface area contributed by atoms with Crippen molar-refractivity contribution in [3.8, 4) is 5.75 Å². The molecular weight excluding hydrogens is 386 g/mol. The fraction of sp³-hybridized carbons (Fsp3) is 0.524. The van der Waals surface area contributed by atoms with Crippen LogP contribution in [-0.4, -0.2) is 61.7 Å². The second-order valence-corrected chi connectivity index (χ2v) is 7.94. The van der Waals surface area contributed by atoms with Gasteiger partial charge >= 0.3 is 0 Å². The van der Waals surface area contributed by atoms with Crippen LogP contribution in [0.15, 0.2) is 24.3 Å². The number of pyridine rings is 1. The van der Waals surface area contributed by atoms with Crippen molar-refractivity contribution < 1.29 is 19.4 Å². The zero-order valence-electron chi connectivity index (χ0n) is 17.3. The molecule has 0 spiro atoms. The molecule has 2 aromatic rings. The van der Waals surface area contributed by atoms with E-state index in [-0.39, 0.29) is 24.3 Å². The average Bonchev–Trinajstić information content (AvgIpc) is 3.09. The van der Waals surface area contributed by atoms with Crippen LogP contribution in [0.3, 0.4) is 0 Å². The molecule has 1 aromatic heterocycles. The van der Waals surface area contributed by atoms with Gasteiger partial charge < -0.3 is 25.2 Å². The van der Waals surface area contributed by atoms with Gasteiger partial charge in [-0.1, -0.05) is 0 Å². The number of aliphatic hydroxyl groups excluding tert-OH is 1. The van der Waals surface area contributed by atoms with Crippen molar-refractivity contribution in [3.05, 3.63) is 29.8 Å². The molecule has 3 heterocycles. The number of methoxy groups -OCH3 is 1. The van der Waals surface area contributed by atoms with Crippen LogP contribution >= 0.6 is 0 Å². The van der Waals surface area contributed by atoms with Crippen LogP contribution < -0.4 is 26.2 Å². The number of fused-ring (bicyclic) bond motifs is 1. The van der Waals surface area contributed by atoms with Gasteiger partial charge in [0.2, 0.25) is 5.91 Å². The molecule has 0 aliphatic carbocycles. The SMILES string of the molecule is COc1ccc2nc(N3CCOCC3)c(C(CC(N)=O)C3C(C)NNC3O)cc2c1. The standard InChI is InChI=1S/C21H29N5O4/c1-12-19(21(28)25-24-12)15(11-18(22)27)16-10-13-9-14(29-2)3-4-17(13)23-20(16)26-5-7-30-8-6-26/h3-4,9-10,12,15,19,21,24-25,28H,5-8,11H2,1-2H3,(H2,22,27). The Hall–Kier alpha value is -2.46. The maximum Gasteiger partial charge on any atom is 0.218 e. The zero-order chi connectivity index (χ0) is 21.3. The number of anilines is 1. The molecule has 2 aliphatic rings. The summed E-state index contributed by atoms with van der Waals surface area (Å²) in [6.45, 7) is 4.64. The van der Waals surface area contributed by atoms with Crippen molar-refractivity contribution in [1.29, 1.82) is 0 Å². The molecule has 1 aromatic carbocycles. The van der Waals surface area contributed by atoms with Gasteiger partial charge in [0.1, 0.15) is 17.8 Å². The number of benzene rings is 1. The predicted molar refractivity (Wildman–Crippen MR) is 113 cm³/mol. The lowest BCUT2D eigenvalue weighted by molar-refractivity contribution is -0.118. The van der Waals surface area contributed by atoms with E-state index in [0.29, 0.717) is 26.3 Å². The summed E-state index contributed by atoms with van der Waals surface area (Å²) < 4.78 is 10.9. The number of aliphatic hydroxyl groups is 1. The number of hydrazine groups is 1. The quantitative estimate of drug-likeness (QED) is 0.537. The molecule has 9 heteroatoms. The Kier molecular flexibility index (Phi) is 6.05. The van der Waals surface area contributed by atoms with Gasteiger partial charge in [-0.2, -0.15) is 0 Å². The lowest BCUT2D eigenvalue weighted by Crippen LogP contribution is -2.39. The second kappa shape index (κ2) is 8.73. The van der Waals surface area contributed by atoms with Crippen LogP contribution in [0.4, 0.5) is 5.82 Å².